The quantitative estimate of drug-likeness (QED) is 0.255. The first-order chi connectivity index (χ1) is 16.7. The molecule has 0 unspecified atom stereocenters. The van der Waals surface area contributed by atoms with Crippen LogP contribution < -0.4 is 5.32 Å². The van der Waals surface area contributed by atoms with Crippen molar-refractivity contribution in [3.8, 4) is 17.1 Å². The number of rotatable bonds is 11. The standard InChI is InChI=1S/C27H29N5OS/c1-31(20-22-12-5-2-6-13-22)19-11-18-28-25(33)21-34-27-30-29-26(23-14-7-3-8-15-23)32(27)24-16-9-4-10-17-24/h2-10,12-17H,11,18-21H2,1H3,(H,28,33). The minimum Gasteiger partial charge on any atom is -0.355 e. The molecule has 0 aliphatic carbocycles. The third-order valence-corrected chi connectivity index (χ3v) is 6.28. The third-order valence-electron chi connectivity index (χ3n) is 5.35. The molecule has 0 aliphatic heterocycles. The van der Waals surface area contributed by atoms with Crippen LogP contribution in [0.5, 0.6) is 0 Å². The number of carbonyl (C=O) groups is 1. The molecule has 1 N–H and O–H groups in total. The number of amides is 1. The Labute approximate surface area is 205 Å². The molecule has 0 bridgehead atoms. The number of hydrogen-bond acceptors (Lipinski definition) is 5. The number of thioether (sulfide) groups is 1. The molecule has 0 atom stereocenters. The second-order valence-corrected chi connectivity index (χ2v) is 9.00. The van der Waals surface area contributed by atoms with Gasteiger partial charge in [0.25, 0.3) is 0 Å². The molecule has 174 valence electrons. The van der Waals surface area contributed by atoms with Gasteiger partial charge in [0.05, 0.1) is 5.75 Å². The first-order valence-corrected chi connectivity index (χ1v) is 12.4. The maximum absolute atomic E-state index is 12.5. The van der Waals surface area contributed by atoms with Crippen molar-refractivity contribution >= 4 is 17.7 Å². The lowest BCUT2D eigenvalue weighted by molar-refractivity contribution is -0.118. The number of carbonyl (C=O) groups excluding carboxylic acids is 1. The van der Waals surface area contributed by atoms with Gasteiger partial charge in [0.1, 0.15) is 0 Å². The highest BCUT2D eigenvalue weighted by atomic mass is 32.2. The van der Waals surface area contributed by atoms with Gasteiger partial charge in [0.15, 0.2) is 11.0 Å². The van der Waals surface area contributed by atoms with Crippen LogP contribution in [0.2, 0.25) is 0 Å². The van der Waals surface area contributed by atoms with E-state index in [2.05, 4.69) is 51.7 Å². The van der Waals surface area contributed by atoms with Crippen molar-refractivity contribution in [2.24, 2.45) is 0 Å². The highest BCUT2D eigenvalue weighted by molar-refractivity contribution is 7.99. The van der Waals surface area contributed by atoms with Crippen LogP contribution in [0.15, 0.2) is 96.2 Å². The van der Waals surface area contributed by atoms with E-state index in [1.807, 2.05) is 71.3 Å². The van der Waals surface area contributed by atoms with Gasteiger partial charge in [0, 0.05) is 24.3 Å². The fourth-order valence-corrected chi connectivity index (χ4v) is 4.46. The van der Waals surface area contributed by atoms with Crippen LogP contribution in [0.4, 0.5) is 0 Å². The number of para-hydroxylation sites is 1. The Kier molecular flexibility index (Phi) is 8.48. The summed E-state index contributed by atoms with van der Waals surface area (Å²) in [5.41, 5.74) is 3.24. The molecule has 0 fully saturated rings. The maximum atomic E-state index is 12.5. The van der Waals surface area contributed by atoms with Gasteiger partial charge in [-0.2, -0.15) is 0 Å². The average molecular weight is 472 g/mol. The van der Waals surface area contributed by atoms with Crippen molar-refractivity contribution in [2.45, 2.75) is 18.1 Å². The summed E-state index contributed by atoms with van der Waals surface area (Å²) in [6, 6.07) is 30.4. The summed E-state index contributed by atoms with van der Waals surface area (Å²) < 4.78 is 2.01. The molecule has 4 rings (SSSR count). The topological polar surface area (TPSA) is 63.1 Å². The van der Waals surface area contributed by atoms with Crippen LogP contribution >= 0.6 is 11.8 Å². The van der Waals surface area contributed by atoms with Crippen molar-refractivity contribution in [1.29, 1.82) is 0 Å². The number of hydrogen-bond donors (Lipinski definition) is 1. The van der Waals surface area contributed by atoms with E-state index in [4.69, 9.17) is 0 Å². The molecule has 1 heterocycles. The second-order valence-electron chi connectivity index (χ2n) is 8.06. The maximum Gasteiger partial charge on any atom is 0.230 e. The van der Waals surface area contributed by atoms with Gasteiger partial charge < -0.3 is 10.2 Å². The second kappa shape index (κ2) is 12.2. The van der Waals surface area contributed by atoms with Crippen molar-refractivity contribution in [3.05, 3.63) is 96.6 Å². The average Bonchev–Trinajstić information content (AvgIpc) is 3.31. The van der Waals surface area contributed by atoms with Crippen LogP contribution in [0.3, 0.4) is 0 Å². The molecule has 4 aromatic rings. The Balaban J connectivity index is 1.30. The lowest BCUT2D eigenvalue weighted by atomic mass is 10.2. The van der Waals surface area contributed by atoms with Gasteiger partial charge in [-0.15, -0.1) is 10.2 Å². The molecule has 0 saturated heterocycles. The molecule has 0 saturated carbocycles. The fraction of sp³-hybridized carbons (Fsp3) is 0.222. The van der Waals surface area contributed by atoms with Crippen LogP contribution in [0.25, 0.3) is 17.1 Å². The zero-order chi connectivity index (χ0) is 23.6. The first-order valence-electron chi connectivity index (χ1n) is 11.4. The predicted molar refractivity (Wildman–Crippen MR) is 138 cm³/mol. The third kappa shape index (κ3) is 6.56. The molecular weight excluding hydrogens is 442 g/mol. The van der Waals surface area contributed by atoms with Gasteiger partial charge in [-0.05, 0) is 37.7 Å². The summed E-state index contributed by atoms with van der Waals surface area (Å²) in [6.45, 7) is 2.48. The van der Waals surface area contributed by atoms with E-state index in [9.17, 15) is 4.79 Å². The Hall–Kier alpha value is -3.42. The SMILES string of the molecule is CN(CCCNC(=O)CSc1nnc(-c2ccccc2)n1-c1ccccc1)Cc1ccccc1. The summed E-state index contributed by atoms with van der Waals surface area (Å²) in [5.74, 6) is 1.05. The van der Waals surface area contributed by atoms with Gasteiger partial charge in [0.2, 0.25) is 5.91 Å². The number of benzene rings is 3. The molecule has 0 radical (unpaired) electrons. The summed E-state index contributed by atoms with van der Waals surface area (Å²) in [6.07, 6.45) is 0.901. The van der Waals surface area contributed by atoms with Crippen LogP contribution in [-0.2, 0) is 11.3 Å². The van der Waals surface area contributed by atoms with E-state index in [1.54, 1.807) is 0 Å². The zero-order valence-electron chi connectivity index (χ0n) is 19.3. The molecule has 0 spiro atoms. The smallest absolute Gasteiger partial charge is 0.230 e. The van der Waals surface area contributed by atoms with E-state index in [1.165, 1.54) is 17.3 Å². The minimum atomic E-state index is -0.000384. The van der Waals surface area contributed by atoms with Crippen LogP contribution in [-0.4, -0.2) is 51.5 Å². The highest BCUT2D eigenvalue weighted by Crippen LogP contribution is 2.27. The summed E-state index contributed by atoms with van der Waals surface area (Å²) in [7, 11) is 2.10. The molecular formula is C27H29N5OS. The largest absolute Gasteiger partial charge is 0.355 e. The Morgan fingerprint density at radius 3 is 2.26 bits per heavy atom. The van der Waals surface area contributed by atoms with Gasteiger partial charge >= 0.3 is 0 Å². The van der Waals surface area contributed by atoms with Gasteiger partial charge in [-0.1, -0.05) is 90.6 Å². The van der Waals surface area contributed by atoms with Gasteiger partial charge in [-0.3, -0.25) is 9.36 Å². The van der Waals surface area contributed by atoms with Crippen LogP contribution in [0.1, 0.15) is 12.0 Å². The van der Waals surface area contributed by atoms with E-state index in [-0.39, 0.29) is 5.91 Å². The predicted octanol–water partition coefficient (Wildman–Crippen LogP) is 4.66. The van der Waals surface area contributed by atoms with E-state index in [0.29, 0.717) is 17.5 Å². The molecule has 7 heteroatoms. The Morgan fingerprint density at radius 1 is 0.912 bits per heavy atom. The molecule has 3 aromatic carbocycles. The van der Waals surface area contributed by atoms with Crippen LogP contribution in [0, 0.1) is 0 Å². The molecule has 1 amide bonds. The van der Waals surface area contributed by atoms with Gasteiger partial charge in [-0.25, -0.2) is 0 Å². The lowest BCUT2D eigenvalue weighted by Crippen LogP contribution is -2.29. The van der Waals surface area contributed by atoms with Crippen molar-refractivity contribution < 1.29 is 4.79 Å². The lowest BCUT2D eigenvalue weighted by Gasteiger charge is -2.16. The van der Waals surface area contributed by atoms with Crippen molar-refractivity contribution in [2.75, 3.05) is 25.9 Å². The zero-order valence-corrected chi connectivity index (χ0v) is 20.1. The van der Waals surface area contributed by atoms with Crippen molar-refractivity contribution in [3.63, 3.8) is 0 Å². The normalized spacial score (nSPS) is 11.0. The monoisotopic (exact) mass is 471 g/mol. The minimum absolute atomic E-state index is 0.000384. The molecule has 1 aromatic heterocycles. The van der Waals surface area contributed by atoms with E-state index >= 15 is 0 Å². The fourth-order valence-electron chi connectivity index (χ4n) is 3.68. The molecule has 6 nitrogen and oxygen atoms in total. The Bertz CT molecular complexity index is 1170. The summed E-state index contributed by atoms with van der Waals surface area (Å²) >= 11 is 1.40. The summed E-state index contributed by atoms with van der Waals surface area (Å²) in [4.78, 5) is 14.7. The van der Waals surface area contributed by atoms with E-state index in [0.717, 1.165) is 36.6 Å². The highest BCUT2D eigenvalue weighted by Gasteiger charge is 2.17. The molecule has 34 heavy (non-hydrogen) atoms. The first kappa shape index (κ1) is 23.7. The van der Waals surface area contributed by atoms with Crippen molar-refractivity contribution in [1.82, 2.24) is 25.0 Å². The van der Waals surface area contributed by atoms with E-state index < -0.39 is 0 Å². The molecule has 0 aliphatic rings. The number of nitrogens with zero attached hydrogens (tertiary/aromatic N) is 4. The summed E-state index contributed by atoms with van der Waals surface area (Å²) in [5, 5.41) is 12.5. The Morgan fingerprint density at radius 2 is 1.56 bits per heavy atom. The number of nitrogens with one attached hydrogen (secondary N) is 1. The number of aromatic nitrogens is 3.